The van der Waals surface area contributed by atoms with Crippen molar-refractivity contribution in [2.75, 3.05) is 0 Å². The van der Waals surface area contributed by atoms with Crippen LogP contribution in [0.1, 0.15) is 47.5 Å². The first-order chi connectivity index (χ1) is 4.83. The lowest BCUT2D eigenvalue weighted by Gasteiger charge is -2.23. The lowest BCUT2D eigenvalue weighted by atomic mass is 9.81. The average Bonchev–Trinajstić information content (AvgIpc) is 2.54. The van der Waals surface area contributed by atoms with E-state index in [4.69, 9.17) is 0 Å². The van der Waals surface area contributed by atoms with Crippen LogP contribution in [0.15, 0.2) is 0 Å². The van der Waals surface area contributed by atoms with Crippen molar-refractivity contribution >= 4 is 0 Å². The van der Waals surface area contributed by atoms with Crippen molar-refractivity contribution < 1.29 is 0 Å². The molecule has 2 aliphatic rings. The van der Waals surface area contributed by atoms with Gasteiger partial charge in [-0.2, -0.15) is 0 Å². The molecule has 0 bridgehead atoms. The van der Waals surface area contributed by atoms with Gasteiger partial charge in [0.15, 0.2) is 0 Å². The summed E-state index contributed by atoms with van der Waals surface area (Å²) in [5.41, 5.74) is 1.99. The van der Waals surface area contributed by atoms with Gasteiger partial charge in [0.1, 0.15) is 0 Å². The Balaban J connectivity index is 2.20. The van der Waals surface area contributed by atoms with Crippen LogP contribution in [0.3, 0.4) is 0 Å². The van der Waals surface area contributed by atoms with Crippen molar-refractivity contribution in [3.8, 4) is 0 Å². The monoisotopic (exact) mass is 152 g/mol. The van der Waals surface area contributed by atoms with Gasteiger partial charge in [0.25, 0.3) is 0 Å². The van der Waals surface area contributed by atoms with E-state index >= 15 is 0 Å². The maximum absolute atomic E-state index is 2.48. The Kier molecular flexibility index (Phi) is 1.06. The van der Waals surface area contributed by atoms with E-state index in [0.29, 0.717) is 16.2 Å². The van der Waals surface area contributed by atoms with Gasteiger partial charge in [0.2, 0.25) is 0 Å². The zero-order valence-electron chi connectivity index (χ0n) is 8.49. The molecule has 0 aromatic rings. The standard InChI is InChI=1S/C11H20/c1-8-6-10(8,4)11(5)7-9(11,2)3/h8H,6-7H2,1-5H3. The lowest BCUT2D eigenvalue weighted by molar-refractivity contribution is 0.247. The Bertz CT molecular complexity index is 204. The zero-order valence-corrected chi connectivity index (χ0v) is 8.49. The predicted molar refractivity (Wildman–Crippen MR) is 48.4 cm³/mol. The molecule has 2 fully saturated rings. The van der Waals surface area contributed by atoms with E-state index < -0.39 is 0 Å². The molecule has 0 heterocycles. The summed E-state index contributed by atoms with van der Waals surface area (Å²) in [5.74, 6) is 0.981. The highest BCUT2D eigenvalue weighted by molar-refractivity contribution is 5.21. The van der Waals surface area contributed by atoms with Gasteiger partial charge in [-0.25, -0.2) is 0 Å². The summed E-state index contributed by atoms with van der Waals surface area (Å²) in [6.07, 6.45) is 2.91. The van der Waals surface area contributed by atoms with Gasteiger partial charge < -0.3 is 0 Å². The molecule has 0 aromatic heterocycles. The summed E-state index contributed by atoms with van der Waals surface area (Å²) in [5, 5.41) is 0. The first-order valence-electron chi connectivity index (χ1n) is 4.83. The van der Waals surface area contributed by atoms with Crippen LogP contribution in [-0.2, 0) is 0 Å². The summed E-state index contributed by atoms with van der Waals surface area (Å²) >= 11 is 0. The van der Waals surface area contributed by atoms with Crippen molar-refractivity contribution in [1.82, 2.24) is 0 Å². The van der Waals surface area contributed by atoms with Gasteiger partial charge in [-0.3, -0.25) is 0 Å². The normalized spacial score (nSPS) is 59.2. The van der Waals surface area contributed by atoms with Crippen molar-refractivity contribution in [2.45, 2.75) is 47.5 Å². The summed E-state index contributed by atoms with van der Waals surface area (Å²) in [4.78, 5) is 0. The Morgan fingerprint density at radius 3 is 1.55 bits per heavy atom. The van der Waals surface area contributed by atoms with Crippen LogP contribution in [0.25, 0.3) is 0 Å². The SMILES string of the molecule is CC1CC1(C)C1(C)CC1(C)C. The predicted octanol–water partition coefficient (Wildman–Crippen LogP) is 3.47. The Hall–Kier alpha value is 0. The number of hydrogen-bond donors (Lipinski definition) is 0. The highest BCUT2D eigenvalue weighted by Gasteiger charge is 2.72. The Morgan fingerprint density at radius 2 is 1.45 bits per heavy atom. The van der Waals surface area contributed by atoms with Gasteiger partial charge in [0, 0.05) is 0 Å². The van der Waals surface area contributed by atoms with E-state index in [1.54, 1.807) is 0 Å². The molecule has 2 aliphatic carbocycles. The maximum Gasteiger partial charge on any atom is -0.0213 e. The molecule has 2 saturated carbocycles. The number of rotatable bonds is 1. The first-order valence-corrected chi connectivity index (χ1v) is 4.83. The van der Waals surface area contributed by atoms with Crippen LogP contribution in [0, 0.1) is 22.2 Å². The van der Waals surface area contributed by atoms with Crippen LogP contribution in [-0.4, -0.2) is 0 Å². The second kappa shape index (κ2) is 1.53. The molecule has 0 spiro atoms. The van der Waals surface area contributed by atoms with Gasteiger partial charge in [0.05, 0.1) is 0 Å². The molecule has 0 N–H and O–H groups in total. The smallest absolute Gasteiger partial charge is 0.0213 e. The maximum atomic E-state index is 2.48. The van der Waals surface area contributed by atoms with Crippen molar-refractivity contribution in [3.05, 3.63) is 0 Å². The molecule has 0 amide bonds. The molecule has 64 valence electrons. The lowest BCUT2D eigenvalue weighted by Crippen LogP contribution is -2.17. The fraction of sp³-hybridized carbons (Fsp3) is 1.00. The fourth-order valence-electron chi connectivity index (χ4n) is 3.16. The summed E-state index contributed by atoms with van der Waals surface area (Å²) < 4.78 is 0. The molecule has 2 rings (SSSR count). The van der Waals surface area contributed by atoms with Gasteiger partial charge in [-0.15, -0.1) is 0 Å². The van der Waals surface area contributed by atoms with Crippen LogP contribution in [0.4, 0.5) is 0 Å². The summed E-state index contributed by atoms with van der Waals surface area (Å²) in [6.45, 7) is 12.2. The van der Waals surface area contributed by atoms with E-state index in [1.807, 2.05) is 0 Å². The second-order valence-corrected chi connectivity index (χ2v) is 5.92. The van der Waals surface area contributed by atoms with Crippen LogP contribution < -0.4 is 0 Å². The third-order valence-electron chi connectivity index (χ3n) is 5.08. The average molecular weight is 152 g/mol. The minimum absolute atomic E-state index is 0.631. The molecular formula is C11H20. The quantitative estimate of drug-likeness (QED) is 0.539. The van der Waals surface area contributed by atoms with E-state index in [2.05, 4.69) is 34.6 Å². The third-order valence-corrected chi connectivity index (χ3v) is 5.08. The minimum atomic E-state index is 0.631. The van der Waals surface area contributed by atoms with Gasteiger partial charge >= 0.3 is 0 Å². The van der Waals surface area contributed by atoms with E-state index in [1.165, 1.54) is 12.8 Å². The molecule has 3 unspecified atom stereocenters. The summed E-state index contributed by atoms with van der Waals surface area (Å²) in [6, 6.07) is 0. The molecule has 0 radical (unpaired) electrons. The van der Waals surface area contributed by atoms with Crippen LogP contribution in [0.2, 0.25) is 0 Å². The van der Waals surface area contributed by atoms with Crippen LogP contribution in [0.5, 0.6) is 0 Å². The molecule has 0 saturated heterocycles. The highest BCUT2D eigenvalue weighted by atomic mass is 14.8. The Morgan fingerprint density at radius 1 is 1.09 bits per heavy atom. The fourth-order valence-corrected chi connectivity index (χ4v) is 3.16. The molecule has 0 nitrogen and oxygen atoms in total. The highest BCUT2D eigenvalue weighted by Crippen LogP contribution is 2.80. The first kappa shape index (κ1) is 7.64. The topological polar surface area (TPSA) is 0 Å². The molecule has 0 aliphatic heterocycles. The largest absolute Gasteiger partial charge is 0.0619 e. The van der Waals surface area contributed by atoms with Crippen LogP contribution >= 0.6 is 0 Å². The zero-order chi connectivity index (χ0) is 8.49. The second-order valence-electron chi connectivity index (χ2n) is 5.92. The van der Waals surface area contributed by atoms with E-state index in [0.717, 1.165) is 5.92 Å². The van der Waals surface area contributed by atoms with Crippen molar-refractivity contribution in [1.29, 1.82) is 0 Å². The summed E-state index contributed by atoms with van der Waals surface area (Å²) in [7, 11) is 0. The number of hydrogen-bond acceptors (Lipinski definition) is 0. The molecule has 11 heavy (non-hydrogen) atoms. The third kappa shape index (κ3) is 0.666. The van der Waals surface area contributed by atoms with E-state index in [9.17, 15) is 0 Å². The molecule has 0 heteroatoms. The van der Waals surface area contributed by atoms with Crippen molar-refractivity contribution in [3.63, 3.8) is 0 Å². The van der Waals surface area contributed by atoms with Gasteiger partial charge in [-0.05, 0) is 35.0 Å². The Labute approximate surface area is 70.4 Å². The molecule has 3 atom stereocenters. The van der Waals surface area contributed by atoms with Crippen molar-refractivity contribution in [2.24, 2.45) is 22.2 Å². The molecular weight excluding hydrogens is 132 g/mol. The van der Waals surface area contributed by atoms with Gasteiger partial charge in [-0.1, -0.05) is 34.6 Å². The molecule has 0 aromatic carbocycles. The van der Waals surface area contributed by atoms with E-state index in [-0.39, 0.29) is 0 Å². The minimum Gasteiger partial charge on any atom is -0.0619 e.